The van der Waals surface area contributed by atoms with Crippen molar-refractivity contribution in [1.29, 1.82) is 0 Å². The summed E-state index contributed by atoms with van der Waals surface area (Å²) in [5, 5.41) is 31.8. The average molecular weight is 432 g/mol. The number of aliphatic carboxylic acids is 1. The molecule has 7 nitrogen and oxygen atoms in total. The number of ketones is 2. The third kappa shape index (κ3) is 3.84. The molecule has 0 amide bonds. The zero-order chi connectivity index (χ0) is 23.1. The zero-order valence-electron chi connectivity index (χ0n) is 18.7. The molecule has 0 radical (unpaired) electrons. The van der Waals surface area contributed by atoms with E-state index < -0.39 is 35.9 Å². The first-order chi connectivity index (χ1) is 14.5. The van der Waals surface area contributed by atoms with E-state index in [0.717, 1.165) is 31.8 Å². The number of rotatable bonds is 6. The number of hydrogen-bond donors (Lipinski definition) is 4. The molecule has 3 aliphatic carbocycles. The van der Waals surface area contributed by atoms with E-state index in [9.17, 15) is 29.7 Å². The fourth-order valence-electron chi connectivity index (χ4n) is 5.92. The van der Waals surface area contributed by atoms with E-state index in [1.165, 1.54) is 5.57 Å². The number of hydrogen-bond acceptors (Lipinski definition) is 6. The summed E-state index contributed by atoms with van der Waals surface area (Å²) in [6.45, 7) is 8.04. The molecule has 7 heteroatoms. The van der Waals surface area contributed by atoms with Crippen molar-refractivity contribution in [2.45, 2.75) is 65.8 Å². The highest BCUT2D eigenvalue weighted by Crippen LogP contribution is 2.62. The standard InChI is InChI=1S/C24H33NO6/c1-13-6-5-7-19-23(13,3)9-8-14(2)24(19,4)11-15-20(28)16(10-18(27)21(15)29)25-17(12-26)22(30)31/h6,10,14,17,19,25-26,28H,5,7-9,11-12H2,1-4H3,(H,30,31)/t14-,17+,19+,23+,24+/m0/s1. The zero-order valence-corrected chi connectivity index (χ0v) is 18.7. The van der Waals surface area contributed by atoms with E-state index in [0.29, 0.717) is 5.92 Å². The predicted molar refractivity (Wildman–Crippen MR) is 115 cm³/mol. The Morgan fingerprint density at radius 3 is 2.58 bits per heavy atom. The monoisotopic (exact) mass is 431 g/mol. The molecule has 1 saturated carbocycles. The van der Waals surface area contributed by atoms with E-state index in [4.69, 9.17) is 0 Å². The first-order valence-corrected chi connectivity index (χ1v) is 11.0. The third-order valence-corrected chi connectivity index (χ3v) is 8.28. The number of fused-ring (bicyclic) bond motifs is 1. The van der Waals surface area contributed by atoms with Crippen LogP contribution in [0.3, 0.4) is 0 Å². The smallest absolute Gasteiger partial charge is 0.328 e. The molecule has 5 atom stereocenters. The van der Waals surface area contributed by atoms with Crippen molar-refractivity contribution in [3.05, 3.63) is 34.8 Å². The summed E-state index contributed by atoms with van der Waals surface area (Å²) < 4.78 is 0. The van der Waals surface area contributed by atoms with Gasteiger partial charge in [-0.15, -0.1) is 0 Å². The van der Waals surface area contributed by atoms with Crippen molar-refractivity contribution in [1.82, 2.24) is 5.32 Å². The molecule has 0 aliphatic heterocycles. The second-order valence-corrected chi connectivity index (χ2v) is 9.85. The van der Waals surface area contributed by atoms with Gasteiger partial charge in [-0.1, -0.05) is 32.4 Å². The van der Waals surface area contributed by atoms with Gasteiger partial charge in [-0.25, -0.2) is 4.79 Å². The Labute approximate surface area is 182 Å². The molecule has 31 heavy (non-hydrogen) atoms. The van der Waals surface area contributed by atoms with E-state index in [2.05, 4.69) is 39.1 Å². The summed E-state index contributed by atoms with van der Waals surface area (Å²) in [5.41, 5.74) is 0.964. The van der Waals surface area contributed by atoms with E-state index in [1.807, 2.05) is 0 Å². The molecule has 3 rings (SSSR count). The molecule has 3 aliphatic rings. The molecule has 0 bridgehead atoms. The highest BCUT2D eigenvalue weighted by atomic mass is 16.4. The molecular formula is C24H33NO6. The molecular weight excluding hydrogens is 398 g/mol. The SMILES string of the molecule is CC1=CCC[C@H]2[C@](C)(CC3=C(O)C(N[C@H](CO)C(=O)O)=CC(=O)C3=O)[C@@H](C)CC[C@]12C. The van der Waals surface area contributed by atoms with Crippen molar-refractivity contribution in [3.63, 3.8) is 0 Å². The van der Waals surface area contributed by atoms with Gasteiger partial charge in [0.05, 0.1) is 12.3 Å². The van der Waals surface area contributed by atoms with Crippen LogP contribution in [0.15, 0.2) is 34.8 Å². The van der Waals surface area contributed by atoms with Crippen molar-refractivity contribution < 1.29 is 29.7 Å². The van der Waals surface area contributed by atoms with Crippen LogP contribution >= 0.6 is 0 Å². The van der Waals surface area contributed by atoms with Gasteiger partial charge in [0.25, 0.3) is 0 Å². The maximum absolute atomic E-state index is 12.8. The van der Waals surface area contributed by atoms with Gasteiger partial charge in [0, 0.05) is 11.6 Å². The molecule has 4 N–H and O–H groups in total. The molecule has 170 valence electrons. The van der Waals surface area contributed by atoms with Crippen LogP contribution in [0.2, 0.25) is 0 Å². The van der Waals surface area contributed by atoms with Crippen LogP contribution in [-0.2, 0) is 14.4 Å². The Hall–Kier alpha value is -2.41. The quantitative estimate of drug-likeness (QED) is 0.289. The normalized spacial score (nSPS) is 34.6. The lowest BCUT2D eigenvalue weighted by Crippen LogP contribution is -2.50. The van der Waals surface area contributed by atoms with E-state index >= 15 is 0 Å². The number of carboxylic acid groups (broad SMARTS) is 1. The van der Waals surface area contributed by atoms with Gasteiger partial charge < -0.3 is 20.6 Å². The van der Waals surface area contributed by atoms with Crippen LogP contribution in [0.25, 0.3) is 0 Å². The largest absolute Gasteiger partial charge is 0.505 e. The van der Waals surface area contributed by atoms with Crippen molar-refractivity contribution >= 4 is 17.5 Å². The van der Waals surface area contributed by atoms with Crippen LogP contribution < -0.4 is 5.32 Å². The van der Waals surface area contributed by atoms with Crippen molar-refractivity contribution in [2.75, 3.05) is 6.61 Å². The summed E-state index contributed by atoms with van der Waals surface area (Å²) in [4.78, 5) is 36.4. The van der Waals surface area contributed by atoms with Crippen molar-refractivity contribution in [3.8, 4) is 0 Å². The van der Waals surface area contributed by atoms with Crippen LogP contribution in [0.1, 0.15) is 59.8 Å². The first-order valence-electron chi connectivity index (χ1n) is 11.0. The molecule has 0 spiro atoms. The Balaban J connectivity index is 2.00. The van der Waals surface area contributed by atoms with Gasteiger partial charge in [0.2, 0.25) is 11.6 Å². The lowest BCUT2D eigenvalue weighted by molar-refractivity contribution is -0.140. The maximum Gasteiger partial charge on any atom is 0.328 e. The number of aliphatic hydroxyl groups is 2. The number of carbonyl (C=O) groups excluding carboxylic acids is 2. The summed E-state index contributed by atoms with van der Waals surface area (Å²) in [6, 6.07) is -1.39. The fourth-order valence-corrected chi connectivity index (χ4v) is 5.92. The Morgan fingerprint density at radius 2 is 1.97 bits per heavy atom. The second kappa shape index (κ2) is 8.26. The molecule has 0 aromatic carbocycles. The molecule has 0 heterocycles. The summed E-state index contributed by atoms with van der Waals surface area (Å²) >= 11 is 0. The van der Waals surface area contributed by atoms with Crippen LogP contribution in [0.5, 0.6) is 0 Å². The van der Waals surface area contributed by atoms with Gasteiger partial charge in [0.1, 0.15) is 11.8 Å². The lowest BCUT2D eigenvalue weighted by atomic mass is 9.46. The number of aliphatic hydroxyl groups excluding tert-OH is 2. The third-order valence-electron chi connectivity index (χ3n) is 8.28. The number of carbonyl (C=O) groups is 3. The molecule has 0 aromatic heterocycles. The Kier molecular flexibility index (Phi) is 6.20. The predicted octanol–water partition coefficient (Wildman–Crippen LogP) is 3.06. The summed E-state index contributed by atoms with van der Waals surface area (Å²) in [7, 11) is 0. The van der Waals surface area contributed by atoms with E-state index in [1.54, 1.807) is 0 Å². The van der Waals surface area contributed by atoms with Crippen molar-refractivity contribution in [2.24, 2.45) is 22.7 Å². The van der Waals surface area contributed by atoms with Gasteiger partial charge in [-0.3, -0.25) is 9.59 Å². The molecule has 0 saturated heterocycles. The highest BCUT2D eigenvalue weighted by molar-refractivity contribution is 6.48. The van der Waals surface area contributed by atoms with Crippen LogP contribution in [-0.4, -0.2) is 45.5 Å². The van der Waals surface area contributed by atoms with Gasteiger partial charge in [-0.05, 0) is 61.7 Å². The minimum absolute atomic E-state index is 0.0135. The van der Waals surface area contributed by atoms with Gasteiger partial charge >= 0.3 is 5.97 Å². The van der Waals surface area contributed by atoms with Crippen LogP contribution in [0.4, 0.5) is 0 Å². The summed E-state index contributed by atoms with van der Waals surface area (Å²) in [6.07, 6.45) is 7.46. The fraction of sp³-hybridized carbons (Fsp3) is 0.625. The Morgan fingerprint density at radius 1 is 1.29 bits per heavy atom. The minimum Gasteiger partial charge on any atom is -0.505 e. The van der Waals surface area contributed by atoms with Gasteiger partial charge in [-0.2, -0.15) is 0 Å². The minimum atomic E-state index is -1.39. The van der Waals surface area contributed by atoms with Crippen LogP contribution in [0, 0.1) is 22.7 Å². The lowest BCUT2D eigenvalue weighted by Gasteiger charge is -2.58. The summed E-state index contributed by atoms with van der Waals surface area (Å²) in [5.74, 6) is -2.69. The number of carboxylic acids is 1. The highest BCUT2D eigenvalue weighted by Gasteiger charge is 2.54. The number of nitrogens with one attached hydrogen (secondary N) is 1. The second-order valence-electron chi connectivity index (χ2n) is 9.85. The number of Topliss-reactive ketones (excluding diaryl/α,β-unsaturated/α-hetero) is 1. The first kappa shape index (κ1) is 23.3. The molecule has 0 aromatic rings. The Bertz CT molecular complexity index is 900. The maximum atomic E-state index is 12.8. The average Bonchev–Trinajstić information content (AvgIpc) is 2.71. The number of allylic oxidation sites excluding steroid dienone is 4. The molecule has 1 fully saturated rings. The molecule has 0 unspecified atom stereocenters. The van der Waals surface area contributed by atoms with Gasteiger partial charge in [0.15, 0.2) is 0 Å². The topological polar surface area (TPSA) is 124 Å². The van der Waals surface area contributed by atoms with E-state index in [-0.39, 0.29) is 34.4 Å².